The van der Waals surface area contributed by atoms with Crippen molar-refractivity contribution in [2.24, 2.45) is 0 Å². The highest BCUT2D eigenvalue weighted by Crippen LogP contribution is 2.27. The van der Waals surface area contributed by atoms with Crippen LogP contribution in [0.3, 0.4) is 0 Å². The number of nitrogens with zero attached hydrogens (tertiary/aromatic N) is 1. The number of benzene rings is 1. The van der Waals surface area contributed by atoms with E-state index in [2.05, 4.69) is 10.3 Å². The Hall–Kier alpha value is -1.86. The molecule has 1 atom stereocenters. The average Bonchev–Trinajstić information content (AvgIpc) is 3.11. The van der Waals surface area contributed by atoms with Crippen molar-refractivity contribution < 1.29 is 14.3 Å². The smallest absolute Gasteiger partial charge is 0.340 e. The third-order valence-corrected chi connectivity index (χ3v) is 4.91. The van der Waals surface area contributed by atoms with Crippen LogP contribution in [0.2, 0.25) is 0 Å². The van der Waals surface area contributed by atoms with E-state index in [9.17, 15) is 9.59 Å². The maximum atomic E-state index is 12.4. The van der Waals surface area contributed by atoms with E-state index >= 15 is 0 Å². The van der Waals surface area contributed by atoms with Crippen molar-refractivity contribution in [3.05, 3.63) is 46.4 Å². The lowest BCUT2D eigenvalue weighted by Gasteiger charge is -2.14. The van der Waals surface area contributed by atoms with E-state index < -0.39 is 12.1 Å². The average molecular weight is 364 g/mol. The second kappa shape index (κ2) is 9.44. The van der Waals surface area contributed by atoms with Gasteiger partial charge in [-0.2, -0.15) is 0 Å². The molecule has 2 rings (SSSR count). The van der Waals surface area contributed by atoms with Crippen LogP contribution in [-0.4, -0.2) is 29.5 Å². The Balaban J connectivity index is 1.99. The Bertz CT molecular complexity index is 674. The van der Waals surface area contributed by atoms with Gasteiger partial charge in [0.1, 0.15) is 0 Å². The van der Waals surface area contributed by atoms with Crippen molar-refractivity contribution >= 4 is 35.0 Å². The molecule has 128 valence electrons. The van der Waals surface area contributed by atoms with Gasteiger partial charge in [0.25, 0.3) is 5.91 Å². The highest BCUT2D eigenvalue weighted by molar-refractivity contribution is 7.98. The van der Waals surface area contributed by atoms with Gasteiger partial charge in [0.15, 0.2) is 6.10 Å². The summed E-state index contributed by atoms with van der Waals surface area (Å²) in [6, 6.07) is 7.24. The van der Waals surface area contributed by atoms with Gasteiger partial charge in [-0.05, 0) is 25.5 Å². The van der Waals surface area contributed by atoms with Crippen molar-refractivity contribution in [1.29, 1.82) is 0 Å². The molecule has 2 aromatic rings. The maximum absolute atomic E-state index is 12.4. The molecule has 1 unspecified atom stereocenters. The second-order valence-corrected chi connectivity index (χ2v) is 6.84. The third kappa shape index (κ3) is 5.35. The third-order valence-electron chi connectivity index (χ3n) is 3.17. The topological polar surface area (TPSA) is 68.3 Å². The fraction of sp³-hybridized carbons (Fsp3) is 0.353. The quantitative estimate of drug-likeness (QED) is 0.573. The van der Waals surface area contributed by atoms with Gasteiger partial charge in [-0.3, -0.25) is 4.79 Å². The van der Waals surface area contributed by atoms with E-state index in [0.29, 0.717) is 17.9 Å². The summed E-state index contributed by atoms with van der Waals surface area (Å²) in [6.45, 7) is 4.11. The number of hydrogen-bond donors (Lipinski definition) is 1. The molecule has 1 aromatic carbocycles. The molecule has 24 heavy (non-hydrogen) atoms. The minimum Gasteiger partial charge on any atom is -0.449 e. The second-order valence-electron chi connectivity index (χ2n) is 5.10. The number of carbonyl (C=O) groups is 2. The van der Waals surface area contributed by atoms with E-state index in [1.165, 1.54) is 11.8 Å². The van der Waals surface area contributed by atoms with Crippen molar-refractivity contribution in [2.75, 3.05) is 6.54 Å². The zero-order valence-corrected chi connectivity index (χ0v) is 15.3. The zero-order chi connectivity index (χ0) is 17.4. The van der Waals surface area contributed by atoms with Gasteiger partial charge in [0.05, 0.1) is 16.8 Å². The standard InChI is InChI=1S/C17H20N2O3S2/c1-3-8-18-16(20)12(2)22-17(21)14-6-4-5-7-15(14)24-10-13-9-23-11-19-13/h4-7,9,11-12H,3,8,10H2,1-2H3,(H,18,20). The molecule has 1 heterocycles. The van der Waals surface area contributed by atoms with E-state index in [1.807, 2.05) is 24.4 Å². The van der Waals surface area contributed by atoms with Gasteiger partial charge in [-0.1, -0.05) is 19.1 Å². The lowest BCUT2D eigenvalue weighted by atomic mass is 10.2. The summed E-state index contributed by atoms with van der Waals surface area (Å²) >= 11 is 3.07. The van der Waals surface area contributed by atoms with Crippen LogP contribution in [0.25, 0.3) is 0 Å². The normalized spacial score (nSPS) is 11.8. The van der Waals surface area contributed by atoms with Crippen LogP contribution in [0.4, 0.5) is 0 Å². The number of ether oxygens (including phenoxy) is 1. The summed E-state index contributed by atoms with van der Waals surface area (Å²) < 4.78 is 5.30. The van der Waals surface area contributed by atoms with Gasteiger partial charge < -0.3 is 10.1 Å². The molecule has 5 nitrogen and oxygen atoms in total. The molecule has 0 aliphatic carbocycles. The molecule has 0 fully saturated rings. The van der Waals surface area contributed by atoms with Crippen LogP contribution in [-0.2, 0) is 15.3 Å². The predicted molar refractivity (Wildman–Crippen MR) is 96.3 cm³/mol. The number of nitrogens with one attached hydrogen (secondary N) is 1. The minimum absolute atomic E-state index is 0.280. The first-order chi connectivity index (χ1) is 11.6. The molecule has 1 aromatic heterocycles. The molecule has 0 spiro atoms. The summed E-state index contributed by atoms with van der Waals surface area (Å²) in [5, 5.41) is 4.70. The SMILES string of the molecule is CCCNC(=O)C(C)OC(=O)c1ccccc1SCc1cscn1. The monoisotopic (exact) mass is 364 g/mol. The number of carbonyl (C=O) groups excluding carboxylic acids is 2. The van der Waals surface area contributed by atoms with Crippen molar-refractivity contribution in [3.63, 3.8) is 0 Å². The number of thiazole rings is 1. The largest absolute Gasteiger partial charge is 0.449 e. The minimum atomic E-state index is -0.819. The lowest BCUT2D eigenvalue weighted by molar-refractivity contribution is -0.129. The molecule has 1 amide bonds. The highest BCUT2D eigenvalue weighted by Gasteiger charge is 2.20. The molecule has 1 N–H and O–H groups in total. The van der Waals surface area contributed by atoms with E-state index in [1.54, 1.807) is 35.9 Å². The summed E-state index contributed by atoms with van der Waals surface area (Å²) in [4.78, 5) is 29.3. The maximum Gasteiger partial charge on any atom is 0.340 e. The number of thioether (sulfide) groups is 1. The number of aromatic nitrogens is 1. The predicted octanol–water partition coefficient (Wildman–Crippen LogP) is 3.51. The van der Waals surface area contributed by atoms with E-state index in [-0.39, 0.29) is 5.91 Å². The molecule has 0 aliphatic heterocycles. The fourth-order valence-electron chi connectivity index (χ4n) is 1.89. The molecule has 0 bridgehead atoms. The number of esters is 1. The van der Waals surface area contributed by atoms with E-state index in [0.717, 1.165) is 17.0 Å². The van der Waals surface area contributed by atoms with Crippen LogP contribution in [0.15, 0.2) is 40.1 Å². The van der Waals surface area contributed by atoms with Crippen LogP contribution >= 0.6 is 23.1 Å². The Morgan fingerprint density at radius 3 is 2.88 bits per heavy atom. The lowest BCUT2D eigenvalue weighted by Crippen LogP contribution is -2.36. The van der Waals surface area contributed by atoms with Crippen LogP contribution < -0.4 is 5.32 Å². The number of rotatable bonds is 8. The van der Waals surface area contributed by atoms with Crippen molar-refractivity contribution in [2.45, 2.75) is 37.0 Å². The Morgan fingerprint density at radius 1 is 1.38 bits per heavy atom. The molecule has 0 saturated carbocycles. The Kier molecular flexibility index (Phi) is 7.27. The highest BCUT2D eigenvalue weighted by atomic mass is 32.2. The molecule has 0 radical (unpaired) electrons. The van der Waals surface area contributed by atoms with E-state index in [4.69, 9.17) is 4.74 Å². The molecule has 7 heteroatoms. The first-order valence-corrected chi connectivity index (χ1v) is 9.62. The Labute approximate surface area is 149 Å². The van der Waals surface area contributed by atoms with Crippen LogP contribution in [0.5, 0.6) is 0 Å². The number of amides is 1. The van der Waals surface area contributed by atoms with Gasteiger partial charge >= 0.3 is 5.97 Å². The molecule has 0 aliphatic rings. The van der Waals surface area contributed by atoms with Crippen LogP contribution in [0.1, 0.15) is 36.3 Å². The van der Waals surface area contributed by atoms with Gasteiger partial charge in [0, 0.05) is 22.6 Å². The summed E-state index contributed by atoms with van der Waals surface area (Å²) in [7, 11) is 0. The van der Waals surface area contributed by atoms with Gasteiger partial charge in [-0.25, -0.2) is 9.78 Å². The Morgan fingerprint density at radius 2 is 2.17 bits per heavy atom. The molecule has 0 saturated heterocycles. The first-order valence-electron chi connectivity index (χ1n) is 7.69. The van der Waals surface area contributed by atoms with Crippen molar-refractivity contribution in [1.82, 2.24) is 10.3 Å². The summed E-state index contributed by atoms with van der Waals surface area (Å²) in [5.41, 5.74) is 3.22. The molecular formula is C17H20N2O3S2. The fourth-order valence-corrected chi connectivity index (χ4v) is 3.50. The number of hydrogen-bond acceptors (Lipinski definition) is 6. The van der Waals surface area contributed by atoms with Crippen LogP contribution in [0, 0.1) is 0 Å². The first kappa shape index (κ1) is 18.5. The molecular weight excluding hydrogens is 344 g/mol. The van der Waals surface area contributed by atoms with Gasteiger partial charge in [0.2, 0.25) is 0 Å². The summed E-state index contributed by atoms with van der Waals surface area (Å²) in [6.07, 6.45) is 0.0170. The van der Waals surface area contributed by atoms with Gasteiger partial charge in [-0.15, -0.1) is 23.1 Å². The summed E-state index contributed by atoms with van der Waals surface area (Å²) in [5.74, 6) is -0.0892. The zero-order valence-electron chi connectivity index (χ0n) is 13.7. The van der Waals surface area contributed by atoms with Crippen molar-refractivity contribution in [3.8, 4) is 0 Å².